The Kier molecular flexibility index (Phi) is 5.21. The SMILES string of the molecule is CCOC(=O)C1CCN(c2nc3sc4c(c3c(=O)n2CC)CCCC4)CC1. The van der Waals surface area contributed by atoms with E-state index in [2.05, 4.69) is 4.90 Å². The zero-order valence-corrected chi connectivity index (χ0v) is 16.9. The summed E-state index contributed by atoms with van der Waals surface area (Å²) in [5, 5.41) is 0.849. The molecular formula is C20H27N3O3S. The number of ether oxygens (including phenoxy) is 1. The lowest BCUT2D eigenvalue weighted by Gasteiger charge is -2.32. The van der Waals surface area contributed by atoms with Crippen LogP contribution in [0.3, 0.4) is 0 Å². The van der Waals surface area contributed by atoms with E-state index in [0.29, 0.717) is 13.2 Å². The molecule has 3 heterocycles. The molecule has 0 amide bonds. The minimum absolute atomic E-state index is 0.0409. The number of thiophene rings is 1. The number of hydrogen-bond donors (Lipinski definition) is 0. The van der Waals surface area contributed by atoms with Gasteiger partial charge in [0, 0.05) is 24.5 Å². The summed E-state index contributed by atoms with van der Waals surface area (Å²) in [6.07, 6.45) is 5.93. The van der Waals surface area contributed by atoms with Crippen LogP contribution in [0.4, 0.5) is 5.95 Å². The van der Waals surface area contributed by atoms with E-state index < -0.39 is 0 Å². The second kappa shape index (κ2) is 7.62. The molecule has 1 aliphatic heterocycles. The summed E-state index contributed by atoms with van der Waals surface area (Å²) in [6, 6.07) is 0. The first kappa shape index (κ1) is 18.5. The topological polar surface area (TPSA) is 64.4 Å². The Morgan fingerprint density at radius 3 is 2.67 bits per heavy atom. The highest BCUT2D eigenvalue weighted by Crippen LogP contribution is 2.35. The van der Waals surface area contributed by atoms with Gasteiger partial charge in [-0.1, -0.05) is 0 Å². The van der Waals surface area contributed by atoms with Crippen molar-refractivity contribution in [2.75, 3.05) is 24.6 Å². The summed E-state index contributed by atoms with van der Waals surface area (Å²) < 4.78 is 6.98. The van der Waals surface area contributed by atoms with Crippen molar-refractivity contribution in [1.82, 2.24) is 9.55 Å². The second-order valence-electron chi connectivity index (χ2n) is 7.37. The maximum absolute atomic E-state index is 13.2. The van der Waals surface area contributed by atoms with Crippen molar-refractivity contribution in [3.8, 4) is 0 Å². The molecule has 6 nitrogen and oxygen atoms in total. The molecule has 2 aromatic rings. The fraction of sp³-hybridized carbons (Fsp3) is 0.650. The van der Waals surface area contributed by atoms with Crippen LogP contribution < -0.4 is 10.5 Å². The van der Waals surface area contributed by atoms with Crippen LogP contribution >= 0.6 is 11.3 Å². The van der Waals surface area contributed by atoms with E-state index in [1.807, 2.05) is 18.4 Å². The third kappa shape index (κ3) is 3.26. The van der Waals surface area contributed by atoms with Gasteiger partial charge in [0.2, 0.25) is 5.95 Å². The molecule has 0 unspecified atom stereocenters. The number of carbonyl (C=O) groups excluding carboxylic acids is 1. The highest BCUT2D eigenvalue weighted by Gasteiger charge is 2.29. The fourth-order valence-corrected chi connectivity index (χ4v) is 5.58. The van der Waals surface area contributed by atoms with Gasteiger partial charge in [-0.05, 0) is 57.9 Å². The number of rotatable bonds is 4. The van der Waals surface area contributed by atoms with Crippen molar-refractivity contribution in [1.29, 1.82) is 0 Å². The number of fused-ring (bicyclic) bond motifs is 3. The maximum Gasteiger partial charge on any atom is 0.309 e. The molecule has 1 aliphatic carbocycles. The largest absolute Gasteiger partial charge is 0.466 e. The molecule has 0 N–H and O–H groups in total. The molecule has 0 spiro atoms. The van der Waals surface area contributed by atoms with Crippen LogP contribution in [0.5, 0.6) is 0 Å². The number of aryl methyl sites for hydroxylation is 2. The first-order valence-electron chi connectivity index (χ1n) is 10.1. The minimum atomic E-state index is -0.0978. The highest BCUT2D eigenvalue weighted by molar-refractivity contribution is 7.18. The second-order valence-corrected chi connectivity index (χ2v) is 8.45. The van der Waals surface area contributed by atoms with Gasteiger partial charge in [0.15, 0.2) is 0 Å². The molecule has 2 aliphatic rings. The quantitative estimate of drug-likeness (QED) is 0.752. The van der Waals surface area contributed by atoms with E-state index in [1.165, 1.54) is 16.9 Å². The van der Waals surface area contributed by atoms with Crippen LogP contribution in [-0.2, 0) is 28.9 Å². The van der Waals surface area contributed by atoms with Crippen LogP contribution in [0.25, 0.3) is 10.2 Å². The van der Waals surface area contributed by atoms with E-state index in [-0.39, 0.29) is 17.4 Å². The van der Waals surface area contributed by atoms with Crippen molar-refractivity contribution in [2.45, 2.75) is 58.9 Å². The lowest BCUT2D eigenvalue weighted by molar-refractivity contribution is -0.148. The van der Waals surface area contributed by atoms with Gasteiger partial charge in [-0.15, -0.1) is 11.3 Å². The molecule has 2 aromatic heterocycles. The Morgan fingerprint density at radius 1 is 1.22 bits per heavy atom. The van der Waals surface area contributed by atoms with Gasteiger partial charge in [-0.3, -0.25) is 14.2 Å². The van der Waals surface area contributed by atoms with Gasteiger partial charge < -0.3 is 9.64 Å². The first-order chi connectivity index (χ1) is 13.1. The normalized spacial score (nSPS) is 17.9. The predicted octanol–water partition coefficient (Wildman–Crippen LogP) is 3.14. The van der Waals surface area contributed by atoms with Crippen LogP contribution in [0, 0.1) is 5.92 Å². The first-order valence-corrected chi connectivity index (χ1v) is 10.9. The Bertz CT molecular complexity index is 909. The third-order valence-corrected chi connectivity index (χ3v) is 6.95. The van der Waals surface area contributed by atoms with Gasteiger partial charge in [-0.2, -0.15) is 0 Å². The van der Waals surface area contributed by atoms with Gasteiger partial charge in [0.05, 0.1) is 17.9 Å². The number of aromatic nitrogens is 2. The number of anilines is 1. The highest BCUT2D eigenvalue weighted by atomic mass is 32.1. The zero-order valence-electron chi connectivity index (χ0n) is 16.1. The van der Waals surface area contributed by atoms with Crippen molar-refractivity contribution >= 4 is 33.5 Å². The lowest BCUT2D eigenvalue weighted by Crippen LogP contribution is -2.40. The molecular weight excluding hydrogens is 362 g/mol. The number of esters is 1. The summed E-state index contributed by atoms with van der Waals surface area (Å²) >= 11 is 1.70. The van der Waals surface area contributed by atoms with Gasteiger partial charge >= 0.3 is 5.97 Å². The zero-order chi connectivity index (χ0) is 19.0. The third-order valence-electron chi connectivity index (χ3n) is 5.77. The average Bonchev–Trinajstić information content (AvgIpc) is 3.07. The molecule has 0 atom stereocenters. The average molecular weight is 390 g/mol. The van der Waals surface area contributed by atoms with E-state index >= 15 is 0 Å². The van der Waals surface area contributed by atoms with Crippen LogP contribution in [-0.4, -0.2) is 35.2 Å². The van der Waals surface area contributed by atoms with E-state index in [1.54, 1.807) is 11.3 Å². The predicted molar refractivity (Wildman–Crippen MR) is 108 cm³/mol. The van der Waals surface area contributed by atoms with Crippen LogP contribution in [0.2, 0.25) is 0 Å². The van der Waals surface area contributed by atoms with Crippen molar-refractivity contribution in [3.05, 3.63) is 20.8 Å². The monoisotopic (exact) mass is 389 g/mol. The molecule has 0 radical (unpaired) electrons. The van der Waals surface area contributed by atoms with Gasteiger partial charge in [0.1, 0.15) is 4.83 Å². The van der Waals surface area contributed by atoms with Crippen molar-refractivity contribution in [2.24, 2.45) is 5.92 Å². The number of carbonyl (C=O) groups is 1. The molecule has 0 aromatic carbocycles. The summed E-state index contributed by atoms with van der Waals surface area (Å²) in [5.74, 6) is 0.621. The standard InChI is InChI=1S/C20H27N3O3S/c1-3-23-18(24)16-14-7-5-6-8-15(14)27-17(16)21-20(23)22-11-9-13(10-12-22)19(25)26-4-2/h13H,3-12H2,1-2H3. The molecule has 27 heavy (non-hydrogen) atoms. The van der Waals surface area contributed by atoms with Crippen molar-refractivity contribution < 1.29 is 9.53 Å². The molecule has 0 saturated carbocycles. The number of hydrogen-bond acceptors (Lipinski definition) is 6. The fourth-order valence-electron chi connectivity index (χ4n) is 4.33. The van der Waals surface area contributed by atoms with Crippen molar-refractivity contribution in [3.63, 3.8) is 0 Å². The molecule has 1 saturated heterocycles. The number of piperidine rings is 1. The Balaban J connectivity index is 1.66. The molecule has 0 bridgehead atoms. The van der Waals surface area contributed by atoms with Crippen LogP contribution in [0.15, 0.2) is 4.79 Å². The van der Waals surface area contributed by atoms with E-state index in [9.17, 15) is 9.59 Å². The number of nitrogens with zero attached hydrogens (tertiary/aromatic N) is 3. The smallest absolute Gasteiger partial charge is 0.309 e. The summed E-state index contributed by atoms with van der Waals surface area (Å²) in [6.45, 7) is 6.34. The van der Waals surface area contributed by atoms with Crippen LogP contribution in [0.1, 0.15) is 50.0 Å². The summed E-state index contributed by atoms with van der Waals surface area (Å²) in [5.41, 5.74) is 1.35. The Hall–Kier alpha value is -1.89. The van der Waals surface area contributed by atoms with Gasteiger partial charge in [0.25, 0.3) is 5.56 Å². The van der Waals surface area contributed by atoms with Gasteiger partial charge in [-0.25, -0.2) is 4.98 Å². The van der Waals surface area contributed by atoms with E-state index in [0.717, 1.165) is 61.4 Å². The molecule has 1 fully saturated rings. The molecule has 146 valence electrons. The Morgan fingerprint density at radius 2 is 1.96 bits per heavy atom. The minimum Gasteiger partial charge on any atom is -0.466 e. The lowest BCUT2D eigenvalue weighted by atomic mass is 9.97. The molecule has 7 heteroatoms. The maximum atomic E-state index is 13.2. The molecule has 4 rings (SSSR count). The Labute approximate surface area is 163 Å². The summed E-state index contributed by atoms with van der Waals surface area (Å²) in [4.78, 5) is 34.6. The summed E-state index contributed by atoms with van der Waals surface area (Å²) in [7, 11) is 0. The van der Waals surface area contributed by atoms with E-state index in [4.69, 9.17) is 9.72 Å².